The Morgan fingerprint density at radius 3 is 2.52 bits per heavy atom. The third-order valence-electron chi connectivity index (χ3n) is 5.04. The van der Waals surface area contributed by atoms with E-state index in [4.69, 9.17) is 11.6 Å². The van der Waals surface area contributed by atoms with Gasteiger partial charge in [0.05, 0.1) is 16.7 Å². The van der Waals surface area contributed by atoms with E-state index in [0.717, 1.165) is 30.4 Å². The first-order chi connectivity index (χ1) is 12.9. The highest BCUT2D eigenvalue weighted by Gasteiger charge is 2.21. The Balaban J connectivity index is 1.61. The van der Waals surface area contributed by atoms with Crippen LogP contribution in [0.1, 0.15) is 48.9 Å². The van der Waals surface area contributed by atoms with Crippen LogP contribution in [0.2, 0.25) is 5.02 Å². The number of amides is 1. The van der Waals surface area contributed by atoms with Crippen molar-refractivity contribution in [3.8, 4) is 0 Å². The fourth-order valence-corrected chi connectivity index (χ4v) is 4.88. The summed E-state index contributed by atoms with van der Waals surface area (Å²) in [4.78, 5) is 12.6. The van der Waals surface area contributed by atoms with Gasteiger partial charge in [0.2, 0.25) is 5.91 Å². The number of carbonyl (C=O) groups excluding carboxylic acids is 1. The molecule has 144 valence electrons. The molecule has 0 aromatic heterocycles. The van der Waals surface area contributed by atoms with E-state index in [2.05, 4.69) is 5.32 Å². The van der Waals surface area contributed by atoms with Gasteiger partial charge in [0.1, 0.15) is 0 Å². The maximum atomic E-state index is 12.6. The number of halogens is 1. The first-order valence-corrected chi connectivity index (χ1v) is 11.3. The predicted octanol–water partition coefficient (Wildman–Crippen LogP) is 4.26. The third-order valence-corrected chi connectivity index (χ3v) is 7.01. The van der Waals surface area contributed by atoms with E-state index in [1.54, 1.807) is 24.3 Å². The van der Waals surface area contributed by atoms with Crippen LogP contribution in [0.4, 0.5) is 0 Å². The molecule has 2 aromatic rings. The second kappa shape index (κ2) is 8.44. The first kappa shape index (κ1) is 19.9. The summed E-state index contributed by atoms with van der Waals surface area (Å²) in [6.45, 7) is 1.97. The van der Waals surface area contributed by atoms with E-state index < -0.39 is 9.84 Å². The average molecular weight is 406 g/mol. The summed E-state index contributed by atoms with van der Waals surface area (Å²) in [5.74, 6) is -0.448. The van der Waals surface area contributed by atoms with E-state index in [1.807, 2.05) is 25.1 Å². The lowest BCUT2D eigenvalue weighted by molar-refractivity contribution is -0.121. The minimum Gasteiger partial charge on any atom is -0.349 e. The quantitative estimate of drug-likeness (QED) is 0.748. The first-order valence-electron chi connectivity index (χ1n) is 9.28. The van der Waals surface area contributed by atoms with Gasteiger partial charge in [-0.1, -0.05) is 36.7 Å². The molecule has 0 radical (unpaired) electrons. The van der Waals surface area contributed by atoms with E-state index in [0.29, 0.717) is 16.3 Å². The highest BCUT2D eigenvalue weighted by Crippen LogP contribution is 2.25. The van der Waals surface area contributed by atoms with Crippen molar-refractivity contribution in [2.24, 2.45) is 0 Å². The molecule has 1 unspecified atom stereocenters. The highest BCUT2D eigenvalue weighted by molar-refractivity contribution is 7.91. The van der Waals surface area contributed by atoms with Gasteiger partial charge in [-0.25, -0.2) is 8.42 Å². The molecule has 0 saturated carbocycles. The lowest BCUT2D eigenvalue weighted by Crippen LogP contribution is -2.29. The molecule has 0 spiro atoms. The number of fused-ring (bicyclic) bond motifs is 1. The van der Waals surface area contributed by atoms with Gasteiger partial charge in [0.15, 0.2) is 9.84 Å². The summed E-state index contributed by atoms with van der Waals surface area (Å²) in [5, 5.41) is 3.56. The van der Waals surface area contributed by atoms with Crippen LogP contribution in [-0.2, 0) is 27.5 Å². The molecule has 1 aliphatic rings. The molecule has 0 aliphatic heterocycles. The van der Waals surface area contributed by atoms with Gasteiger partial charge in [0, 0.05) is 11.4 Å². The second-order valence-electron chi connectivity index (χ2n) is 6.93. The molecule has 2 aromatic carbocycles. The molecular formula is C21H24ClNO3S. The van der Waals surface area contributed by atoms with Gasteiger partial charge in [-0.2, -0.15) is 0 Å². The number of hydrogen-bond donors (Lipinski definition) is 1. The van der Waals surface area contributed by atoms with Crippen LogP contribution >= 0.6 is 11.6 Å². The Bertz CT molecular complexity index is 923. The summed E-state index contributed by atoms with van der Waals surface area (Å²) < 4.78 is 25.2. The molecule has 0 heterocycles. The molecule has 4 nitrogen and oxygen atoms in total. The van der Waals surface area contributed by atoms with E-state index in [9.17, 15) is 13.2 Å². The van der Waals surface area contributed by atoms with Crippen molar-refractivity contribution in [1.82, 2.24) is 5.32 Å². The summed E-state index contributed by atoms with van der Waals surface area (Å²) in [7, 11) is -3.47. The van der Waals surface area contributed by atoms with Gasteiger partial charge in [0.25, 0.3) is 0 Å². The van der Waals surface area contributed by atoms with Crippen molar-refractivity contribution < 1.29 is 13.2 Å². The van der Waals surface area contributed by atoms with E-state index >= 15 is 0 Å². The number of carbonyl (C=O) groups is 1. The highest BCUT2D eigenvalue weighted by atomic mass is 35.5. The second-order valence-corrected chi connectivity index (χ2v) is 9.48. The normalized spacial score (nSPS) is 14.6. The van der Waals surface area contributed by atoms with Crippen molar-refractivity contribution in [2.45, 2.75) is 50.0 Å². The molecule has 27 heavy (non-hydrogen) atoms. The summed E-state index contributed by atoms with van der Waals surface area (Å²) >= 11 is 5.90. The minimum atomic E-state index is -3.47. The van der Waals surface area contributed by atoms with Crippen LogP contribution < -0.4 is 5.32 Å². The van der Waals surface area contributed by atoms with Crippen LogP contribution in [0.5, 0.6) is 0 Å². The largest absolute Gasteiger partial charge is 0.349 e. The Hall–Kier alpha value is -1.85. The fraction of sp³-hybridized carbons (Fsp3) is 0.381. The molecule has 1 amide bonds. The lowest BCUT2D eigenvalue weighted by Gasteiger charge is -2.17. The van der Waals surface area contributed by atoms with Crippen LogP contribution in [-0.4, -0.2) is 20.1 Å². The zero-order valence-corrected chi connectivity index (χ0v) is 16.9. The topological polar surface area (TPSA) is 63.2 Å². The molecule has 0 fully saturated rings. The summed E-state index contributed by atoms with van der Waals surface area (Å²) in [6, 6.07) is 12.5. The molecule has 1 atom stereocenters. The minimum absolute atomic E-state index is 0.0521. The maximum absolute atomic E-state index is 12.6. The number of hydrogen-bond acceptors (Lipinski definition) is 3. The van der Waals surface area contributed by atoms with Gasteiger partial charge in [-0.15, -0.1) is 0 Å². The monoisotopic (exact) mass is 405 g/mol. The van der Waals surface area contributed by atoms with Crippen LogP contribution in [0.25, 0.3) is 0 Å². The van der Waals surface area contributed by atoms with Crippen LogP contribution in [0.3, 0.4) is 0 Å². The standard InChI is InChI=1S/C21H24ClNO3S/c1-2-20(16-6-9-18(22)10-7-16)23-21(24)12-13-27(25,26)19-11-8-15-4-3-5-17(15)14-19/h6-11,14,20H,2-5,12-13H2,1H3,(H,23,24). The molecule has 0 bridgehead atoms. The zero-order valence-electron chi connectivity index (χ0n) is 15.4. The Labute approximate surface area is 165 Å². The SMILES string of the molecule is CCC(NC(=O)CCS(=O)(=O)c1ccc2c(c1)CCC2)c1ccc(Cl)cc1. The average Bonchev–Trinajstić information content (AvgIpc) is 3.13. The Kier molecular flexibility index (Phi) is 6.22. The smallest absolute Gasteiger partial charge is 0.221 e. The number of nitrogens with one attached hydrogen (secondary N) is 1. The van der Waals surface area contributed by atoms with Crippen molar-refractivity contribution in [1.29, 1.82) is 0 Å². The molecular weight excluding hydrogens is 382 g/mol. The zero-order chi connectivity index (χ0) is 19.4. The maximum Gasteiger partial charge on any atom is 0.221 e. The third kappa shape index (κ3) is 4.90. The fourth-order valence-electron chi connectivity index (χ4n) is 3.47. The molecule has 0 saturated heterocycles. The van der Waals surface area contributed by atoms with Gasteiger partial charge >= 0.3 is 0 Å². The van der Waals surface area contributed by atoms with Crippen LogP contribution in [0, 0.1) is 0 Å². The number of sulfone groups is 1. The number of rotatable bonds is 7. The Morgan fingerprint density at radius 1 is 1.11 bits per heavy atom. The van der Waals surface area contributed by atoms with Crippen molar-refractivity contribution in [2.75, 3.05) is 5.75 Å². The van der Waals surface area contributed by atoms with Crippen molar-refractivity contribution >= 4 is 27.3 Å². The summed E-state index contributed by atoms with van der Waals surface area (Å²) in [6.07, 6.45) is 3.68. The predicted molar refractivity (Wildman–Crippen MR) is 108 cm³/mol. The van der Waals surface area contributed by atoms with Gasteiger partial charge < -0.3 is 5.32 Å². The summed E-state index contributed by atoms with van der Waals surface area (Å²) in [5.41, 5.74) is 3.31. The van der Waals surface area contributed by atoms with Crippen molar-refractivity contribution in [3.05, 3.63) is 64.2 Å². The molecule has 3 rings (SSSR count). The lowest BCUT2D eigenvalue weighted by atomic mass is 10.0. The molecule has 6 heteroatoms. The number of aryl methyl sites for hydroxylation is 2. The van der Waals surface area contributed by atoms with E-state index in [-0.39, 0.29) is 24.1 Å². The Morgan fingerprint density at radius 2 is 1.81 bits per heavy atom. The van der Waals surface area contributed by atoms with Crippen LogP contribution in [0.15, 0.2) is 47.4 Å². The molecule has 1 aliphatic carbocycles. The van der Waals surface area contributed by atoms with Crippen molar-refractivity contribution in [3.63, 3.8) is 0 Å². The van der Waals surface area contributed by atoms with E-state index in [1.165, 1.54) is 5.56 Å². The number of benzene rings is 2. The van der Waals surface area contributed by atoms with Gasteiger partial charge in [-0.3, -0.25) is 4.79 Å². The van der Waals surface area contributed by atoms with Gasteiger partial charge in [-0.05, 0) is 66.6 Å². The molecule has 1 N–H and O–H groups in total.